The van der Waals surface area contributed by atoms with E-state index in [0.29, 0.717) is 19.3 Å². The number of allylic oxidation sites excluding steroid dienone is 1. The first-order chi connectivity index (χ1) is 8.85. The van der Waals surface area contributed by atoms with Gasteiger partial charge in [0.05, 0.1) is 0 Å². The molecular formula is C15H21NO2. The minimum atomic E-state index is 0.362. The number of unbranched alkanes of at least 4 members (excludes halogenated alkanes) is 1. The average molecular weight is 247 g/mol. The zero-order valence-electron chi connectivity index (χ0n) is 10.9. The summed E-state index contributed by atoms with van der Waals surface area (Å²) in [6, 6.07) is 6.56. The molecule has 3 heteroatoms. The highest BCUT2D eigenvalue weighted by molar-refractivity contribution is 5.44. The van der Waals surface area contributed by atoms with Crippen LogP contribution in [-0.2, 0) is 0 Å². The molecule has 1 heterocycles. The smallest absolute Gasteiger partial charge is 0.161 e. The van der Waals surface area contributed by atoms with E-state index in [1.165, 1.54) is 5.56 Å². The first-order valence-electron chi connectivity index (χ1n) is 6.53. The first kappa shape index (κ1) is 13.0. The zero-order chi connectivity index (χ0) is 12.8. The molecule has 0 amide bonds. The number of hydrogen-bond acceptors (Lipinski definition) is 3. The second-order valence-corrected chi connectivity index (χ2v) is 4.46. The standard InChI is InChI=1S/C15H21NO2/c1-3-4-5-6-13(16-2)12-7-8-14-15(11-12)18-10-9-17-14/h3,7-8,11,13,16H,1,4-6,9-10H2,2H3. The lowest BCUT2D eigenvalue weighted by Crippen LogP contribution is -2.18. The van der Waals surface area contributed by atoms with Crippen LogP contribution < -0.4 is 14.8 Å². The van der Waals surface area contributed by atoms with Gasteiger partial charge in [0.1, 0.15) is 13.2 Å². The number of hydrogen-bond donors (Lipinski definition) is 1. The molecule has 2 rings (SSSR count). The Labute approximate surface area is 109 Å². The third kappa shape index (κ3) is 3.05. The molecule has 1 unspecified atom stereocenters. The molecule has 98 valence electrons. The Morgan fingerprint density at radius 2 is 2.11 bits per heavy atom. The van der Waals surface area contributed by atoms with E-state index in [1.54, 1.807) is 0 Å². The molecule has 3 nitrogen and oxygen atoms in total. The summed E-state index contributed by atoms with van der Waals surface area (Å²) < 4.78 is 11.1. The molecule has 0 fully saturated rings. The lowest BCUT2D eigenvalue weighted by Gasteiger charge is -2.22. The molecule has 1 aliphatic rings. The van der Waals surface area contributed by atoms with Crippen molar-refractivity contribution in [2.45, 2.75) is 25.3 Å². The lowest BCUT2D eigenvalue weighted by molar-refractivity contribution is 0.171. The highest BCUT2D eigenvalue weighted by atomic mass is 16.6. The van der Waals surface area contributed by atoms with Crippen molar-refractivity contribution < 1.29 is 9.47 Å². The third-order valence-electron chi connectivity index (χ3n) is 3.22. The highest BCUT2D eigenvalue weighted by Gasteiger charge is 2.15. The van der Waals surface area contributed by atoms with Gasteiger partial charge in [-0.15, -0.1) is 6.58 Å². The van der Waals surface area contributed by atoms with Gasteiger partial charge in [-0.1, -0.05) is 12.1 Å². The fourth-order valence-corrected chi connectivity index (χ4v) is 2.22. The summed E-state index contributed by atoms with van der Waals surface area (Å²) in [5.74, 6) is 1.72. The van der Waals surface area contributed by atoms with Crippen LogP contribution in [0.5, 0.6) is 11.5 Å². The average Bonchev–Trinajstić information content (AvgIpc) is 2.43. The predicted octanol–water partition coefficient (Wildman–Crippen LogP) is 3.07. The summed E-state index contributed by atoms with van der Waals surface area (Å²) in [6.07, 6.45) is 5.27. The fourth-order valence-electron chi connectivity index (χ4n) is 2.22. The van der Waals surface area contributed by atoms with E-state index in [2.05, 4.69) is 24.0 Å². The van der Waals surface area contributed by atoms with Gasteiger partial charge in [-0.3, -0.25) is 0 Å². The van der Waals surface area contributed by atoms with Crippen molar-refractivity contribution >= 4 is 0 Å². The second kappa shape index (κ2) is 6.45. The Kier molecular flexibility index (Phi) is 4.65. The van der Waals surface area contributed by atoms with Gasteiger partial charge in [0.25, 0.3) is 0 Å². The molecule has 1 aromatic carbocycles. The number of benzene rings is 1. The number of nitrogens with one attached hydrogen (secondary N) is 1. The van der Waals surface area contributed by atoms with Crippen molar-refractivity contribution in [1.82, 2.24) is 5.32 Å². The summed E-state index contributed by atoms with van der Waals surface area (Å²) in [5.41, 5.74) is 1.26. The van der Waals surface area contributed by atoms with Crippen LogP contribution in [0, 0.1) is 0 Å². The van der Waals surface area contributed by atoms with Crippen LogP contribution in [0.1, 0.15) is 30.9 Å². The van der Waals surface area contributed by atoms with Gasteiger partial charge in [0.15, 0.2) is 11.5 Å². The molecule has 0 spiro atoms. The SMILES string of the molecule is C=CCCCC(NC)c1ccc2c(c1)OCCO2. The quantitative estimate of drug-likeness (QED) is 0.619. The summed E-state index contributed by atoms with van der Waals surface area (Å²) in [6.45, 7) is 5.03. The van der Waals surface area contributed by atoms with Gasteiger partial charge in [-0.2, -0.15) is 0 Å². The molecule has 1 aliphatic heterocycles. The summed E-state index contributed by atoms with van der Waals surface area (Å²) in [7, 11) is 2.00. The Balaban J connectivity index is 2.07. The van der Waals surface area contributed by atoms with E-state index in [-0.39, 0.29) is 0 Å². The molecule has 0 radical (unpaired) electrons. The van der Waals surface area contributed by atoms with Crippen molar-refractivity contribution in [2.75, 3.05) is 20.3 Å². The van der Waals surface area contributed by atoms with Crippen LogP contribution in [0.2, 0.25) is 0 Å². The van der Waals surface area contributed by atoms with Crippen molar-refractivity contribution in [2.24, 2.45) is 0 Å². The summed E-state index contributed by atoms with van der Waals surface area (Å²) in [5, 5.41) is 3.35. The summed E-state index contributed by atoms with van der Waals surface area (Å²) >= 11 is 0. The van der Waals surface area contributed by atoms with Gasteiger partial charge >= 0.3 is 0 Å². The maximum absolute atomic E-state index is 5.62. The van der Waals surface area contributed by atoms with Gasteiger partial charge < -0.3 is 14.8 Å². The van der Waals surface area contributed by atoms with Crippen LogP contribution in [0.3, 0.4) is 0 Å². The maximum Gasteiger partial charge on any atom is 0.161 e. The van der Waals surface area contributed by atoms with Crippen LogP contribution in [-0.4, -0.2) is 20.3 Å². The number of ether oxygens (including phenoxy) is 2. The Morgan fingerprint density at radius 1 is 1.33 bits per heavy atom. The van der Waals surface area contributed by atoms with Crippen molar-refractivity contribution in [3.05, 3.63) is 36.4 Å². The first-order valence-corrected chi connectivity index (χ1v) is 6.53. The Morgan fingerprint density at radius 3 is 2.83 bits per heavy atom. The molecule has 0 aliphatic carbocycles. The van der Waals surface area contributed by atoms with Crippen LogP contribution in [0.15, 0.2) is 30.9 Å². The molecule has 18 heavy (non-hydrogen) atoms. The maximum atomic E-state index is 5.62. The molecular weight excluding hydrogens is 226 g/mol. The van der Waals surface area contributed by atoms with E-state index in [9.17, 15) is 0 Å². The van der Waals surface area contributed by atoms with Crippen LogP contribution in [0.4, 0.5) is 0 Å². The zero-order valence-corrected chi connectivity index (χ0v) is 10.9. The minimum Gasteiger partial charge on any atom is -0.486 e. The lowest BCUT2D eigenvalue weighted by atomic mass is 10.0. The highest BCUT2D eigenvalue weighted by Crippen LogP contribution is 2.33. The third-order valence-corrected chi connectivity index (χ3v) is 3.22. The van der Waals surface area contributed by atoms with Crippen LogP contribution in [0.25, 0.3) is 0 Å². The van der Waals surface area contributed by atoms with Gasteiger partial charge in [-0.05, 0) is 44.0 Å². The molecule has 1 aromatic rings. The predicted molar refractivity (Wildman–Crippen MR) is 73.3 cm³/mol. The molecule has 0 saturated carbocycles. The van der Waals surface area contributed by atoms with Gasteiger partial charge in [0, 0.05) is 6.04 Å². The van der Waals surface area contributed by atoms with E-state index in [4.69, 9.17) is 9.47 Å². The Bertz CT molecular complexity index is 403. The van der Waals surface area contributed by atoms with E-state index in [0.717, 1.165) is 30.8 Å². The largest absolute Gasteiger partial charge is 0.486 e. The second-order valence-electron chi connectivity index (χ2n) is 4.46. The van der Waals surface area contributed by atoms with Crippen molar-refractivity contribution in [3.63, 3.8) is 0 Å². The normalized spacial score (nSPS) is 15.2. The molecule has 1 atom stereocenters. The number of fused-ring (bicyclic) bond motifs is 1. The monoisotopic (exact) mass is 247 g/mol. The fraction of sp³-hybridized carbons (Fsp3) is 0.467. The number of rotatable bonds is 6. The minimum absolute atomic E-state index is 0.362. The van der Waals surface area contributed by atoms with Crippen molar-refractivity contribution in [3.8, 4) is 11.5 Å². The van der Waals surface area contributed by atoms with E-state index < -0.39 is 0 Å². The van der Waals surface area contributed by atoms with Crippen molar-refractivity contribution in [1.29, 1.82) is 0 Å². The molecule has 0 aromatic heterocycles. The van der Waals surface area contributed by atoms with E-state index in [1.807, 2.05) is 19.2 Å². The molecule has 1 N–H and O–H groups in total. The van der Waals surface area contributed by atoms with Gasteiger partial charge in [0.2, 0.25) is 0 Å². The van der Waals surface area contributed by atoms with E-state index >= 15 is 0 Å². The van der Waals surface area contributed by atoms with Crippen LogP contribution >= 0.6 is 0 Å². The topological polar surface area (TPSA) is 30.5 Å². The van der Waals surface area contributed by atoms with Gasteiger partial charge in [-0.25, -0.2) is 0 Å². The Hall–Kier alpha value is -1.48. The molecule has 0 saturated heterocycles. The summed E-state index contributed by atoms with van der Waals surface area (Å²) in [4.78, 5) is 0. The molecule has 0 bridgehead atoms.